The van der Waals surface area contributed by atoms with Crippen LogP contribution < -0.4 is 10.6 Å². The lowest BCUT2D eigenvalue weighted by atomic mass is 9.78. The van der Waals surface area contributed by atoms with Gasteiger partial charge in [0.1, 0.15) is 11.4 Å². The molecule has 31 heavy (non-hydrogen) atoms. The van der Waals surface area contributed by atoms with Crippen LogP contribution >= 0.6 is 0 Å². The van der Waals surface area contributed by atoms with Gasteiger partial charge in [0.15, 0.2) is 0 Å². The molecule has 3 rings (SSSR count). The van der Waals surface area contributed by atoms with Gasteiger partial charge in [-0.15, -0.1) is 0 Å². The number of likely N-dealkylation sites (tertiary alicyclic amines) is 1. The van der Waals surface area contributed by atoms with Crippen LogP contribution in [0.15, 0.2) is 24.3 Å². The molecule has 2 fully saturated rings. The number of ether oxygens (including phenoxy) is 1. The van der Waals surface area contributed by atoms with Crippen molar-refractivity contribution in [2.75, 3.05) is 32.6 Å². The summed E-state index contributed by atoms with van der Waals surface area (Å²) in [5.41, 5.74) is -0.916. The molecule has 2 N–H and O–H groups in total. The molecule has 9 nitrogen and oxygen atoms in total. The molecule has 2 aliphatic heterocycles. The van der Waals surface area contributed by atoms with Crippen LogP contribution in [-0.2, 0) is 19.1 Å². The van der Waals surface area contributed by atoms with Crippen molar-refractivity contribution in [1.29, 1.82) is 0 Å². The fraction of sp³-hybridized carbons (Fsp3) is 0.524. The van der Waals surface area contributed by atoms with E-state index in [0.29, 0.717) is 12.2 Å². The van der Waals surface area contributed by atoms with Gasteiger partial charge in [0.2, 0.25) is 11.8 Å². The van der Waals surface area contributed by atoms with E-state index in [2.05, 4.69) is 10.6 Å². The van der Waals surface area contributed by atoms with Crippen LogP contribution in [0.5, 0.6) is 0 Å². The van der Waals surface area contributed by atoms with Crippen molar-refractivity contribution in [3.8, 4) is 0 Å². The average molecular weight is 434 g/mol. The number of urea groups is 1. The molecule has 10 heteroatoms. The summed E-state index contributed by atoms with van der Waals surface area (Å²) < 4.78 is 18.1. The number of fused-ring (bicyclic) bond motifs is 1. The first-order valence-electron chi connectivity index (χ1n) is 10.2. The van der Waals surface area contributed by atoms with Crippen molar-refractivity contribution in [3.63, 3.8) is 0 Å². The van der Waals surface area contributed by atoms with E-state index < -0.39 is 47.1 Å². The molecular formula is C21H27FN4O5. The maximum absolute atomic E-state index is 13.1. The third-order valence-corrected chi connectivity index (χ3v) is 6.27. The maximum atomic E-state index is 13.1. The fourth-order valence-electron chi connectivity index (χ4n) is 4.59. The summed E-state index contributed by atoms with van der Waals surface area (Å²) in [5.74, 6) is -3.53. The van der Waals surface area contributed by atoms with Gasteiger partial charge in [-0.2, -0.15) is 0 Å². The number of nitrogens with one attached hydrogen (secondary N) is 2. The summed E-state index contributed by atoms with van der Waals surface area (Å²) in [4.78, 5) is 53.6. The highest BCUT2D eigenvalue weighted by atomic mass is 19.1. The molecular weight excluding hydrogens is 407 g/mol. The molecule has 0 aliphatic carbocycles. The van der Waals surface area contributed by atoms with Crippen molar-refractivity contribution in [1.82, 2.24) is 15.1 Å². The number of amides is 4. The smallest absolute Gasteiger partial charge is 0.326 e. The lowest BCUT2D eigenvalue weighted by Gasteiger charge is -2.32. The van der Waals surface area contributed by atoms with E-state index in [1.54, 1.807) is 13.8 Å². The van der Waals surface area contributed by atoms with E-state index in [4.69, 9.17) is 4.74 Å². The van der Waals surface area contributed by atoms with Crippen LogP contribution in [0.3, 0.4) is 0 Å². The first-order chi connectivity index (χ1) is 14.7. The maximum Gasteiger partial charge on any atom is 0.326 e. The van der Waals surface area contributed by atoms with Crippen LogP contribution in [0.4, 0.5) is 14.9 Å². The molecule has 2 heterocycles. The highest BCUT2D eigenvalue weighted by Crippen LogP contribution is 2.44. The molecule has 0 spiro atoms. The number of anilines is 1. The summed E-state index contributed by atoms with van der Waals surface area (Å²) in [5, 5.41) is 5.85. The third-order valence-electron chi connectivity index (χ3n) is 6.27. The minimum absolute atomic E-state index is 0.0936. The fourth-order valence-corrected chi connectivity index (χ4v) is 4.59. The van der Waals surface area contributed by atoms with Crippen LogP contribution in [0.25, 0.3) is 0 Å². The molecule has 0 aromatic heterocycles. The topological polar surface area (TPSA) is 108 Å². The van der Waals surface area contributed by atoms with Crippen LogP contribution in [0.2, 0.25) is 0 Å². The number of carbonyl (C=O) groups is 4. The number of rotatable bonds is 6. The number of nitrogens with zero attached hydrogens (tertiary/aromatic N) is 2. The van der Waals surface area contributed by atoms with Crippen molar-refractivity contribution in [3.05, 3.63) is 30.1 Å². The first-order valence-corrected chi connectivity index (χ1v) is 10.2. The lowest BCUT2D eigenvalue weighted by Crippen LogP contribution is -2.58. The van der Waals surface area contributed by atoms with Gasteiger partial charge in [0.25, 0.3) is 0 Å². The van der Waals surface area contributed by atoms with E-state index in [0.717, 1.165) is 4.90 Å². The lowest BCUT2D eigenvalue weighted by molar-refractivity contribution is -0.154. The monoisotopic (exact) mass is 434 g/mol. The Bertz CT molecular complexity index is 892. The number of hydrogen-bond acceptors (Lipinski definition) is 6. The predicted octanol–water partition coefficient (Wildman–Crippen LogP) is 1.20. The number of benzene rings is 1. The van der Waals surface area contributed by atoms with Crippen molar-refractivity contribution >= 4 is 29.5 Å². The Morgan fingerprint density at radius 2 is 1.87 bits per heavy atom. The number of esters is 1. The number of halogens is 1. The second kappa shape index (κ2) is 8.62. The Hall–Kier alpha value is -3.01. The van der Waals surface area contributed by atoms with Crippen molar-refractivity contribution < 1.29 is 28.3 Å². The molecule has 1 aromatic carbocycles. The third kappa shape index (κ3) is 3.76. The van der Waals surface area contributed by atoms with Gasteiger partial charge in [0, 0.05) is 31.9 Å². The van der Waals surface area contributed by atoms with Gasteiger partial charge in [-0.3, -0.25) is 24.6 Å². The minimum Gasteiger partial charge on any atom is -0.468 e. The number of imide groups is 1. The molecule has 4 amide bonds. The van der Waals surface area contributed by atoms with Crippen LogP contribution in [0, 0.1) is 17.7 Å². The van der Waals surface area contributed by atoms with Gasteiger partial charge < -0.3 is 15.0 Å². The molecule has 0 unspecified atom stereocenters. The van der Waals surface area contributed by atoms with E-state index in [9.17, 15) is 23.6 Å². The predicted molar refractivity (Wildman–Crippen MR) is 109 cm³/mol. The van der Waals surface area contributed by atoms with Crippen LogP contribution in [0.1, 0.15) is 20.3 Å². The highest BCUT2D eigenvalue weighted by molar-refractivity contribution is 6.09. The van der Waals surface area contributed by atoms with E-state index in [1.165, 1.54) is 43.3 Å². The van der Waals surface area contributed by atoms with Crippen molar-refractivity contribution in [2.24, 2.45) is 11.8 Å². The largest absolute Gasteiger partial charge is 0.468 e. The standard InChI is InChI=1S/C21H27FN4O5/c1-5-21(19(29)31-4)16-15(17(27)25(3)18(16)28)14(24-21)11-26(6-2)20(30)23-13-9-7-12(22)8-10-13/h7-10,14-16,24H,5-6,11H2,1-4H3,(H,23,30)/t14-,15+,16-,21-/m1/s1. The molecule has 0 bridgehead atoms. The Morgan fingerprint density at radius 3 is 2.42 bits per heavy atom. The number of hydrogen-bond donors (Lipinski definition) is 2. The van der Waals surface area contributed by atoms with Gasteiger partial charge in [-0.05, 0) is 37.6 Å². The van der Waals surface area contributed by atoms with Gasteiger partial charge >= 0.3 is 12.0 Å². The zero-order valence-electron chi connectivity index (χ0n) is 18.0. The highest BCUT2D eigenvalue weighted by Gasteiger charge is 2.67. The zero-order valence-corrected chi connectivity index (χ0v) is 18.0. The quantitative estimate of drug-likeness (QED) is 0.515. The first kappa shape index (κ1) is 22.7. The summed E-state index contributed by atoms with van der Waals surface area (Å²) >= 11 is 0. The number of likely N-dealkylation sites (N-methyl/N-ethyl adjacent to an activating group) is 1. The second-order valence-corrected chi connectivity index (χ2v) is 7.78. The van der Waals surface area contributed by atoms with Gasteiger partial charge in [0.05, 0.1) is 18.9 Å². The number of carbonyl (C=O) groups excluding carboxylic acids is 4. The van der Waals surface area contributed by atoms with Crippen LogP contribution in [-0.4, -0.2) is 72.4 Å². The normalized spacial score (nSPS) is 27.3. The Kier molecular flexibility index (Phi) is 6.30. The second-order valence-electron chi connectivity index (χ2n) is 7.78. The minimum atomic E-state index is -1.34. The summed E-state index contributed by atoms with van der Waals surface area (Å²) in [7, 11) is 2.64. The van der Waals surface area contributed by atoms with Crippen molar-refractivity contribution in [2.45, 2.75) is 31.8 Å². The SMILES string of the molecule is CCN(C[C@H]1N[C@@](CC)(C(=O)OC)[C@H]2C(=O)N(C)C(=O)[C@@H]12)C(=O)Nc1ccc(F)cc1. The Labute approximate surface area is 179 Å². The summed E-state index contributed by atoms with van der Waals surface area (Å²) in [6, 6.07) is 4.30. The molecule has 2 aliphatic rings. The average Bonchev–Trinajstić information content (AvgIpc) is 3.22. The molecule has 0 radical (unpaired) electrons. The molecule has 168 valence electrons. The van der Waals surface area contributed by atoms with Gasteiger partial charge in [-0.25, -0.2) is 9.18 Å². The Balaban J connectivity index is 1.85. The van der Waals surface area contributed by atoms with Gasteiger partial charge in [-0.1, -0.05) is 6.92 Å². The molecule has 1 aromatic rings. The summed E-state index contributed by atoms with van der Waals surface area (Å²) in [6.45, 7) is 3.93. The van der Waals surface area contributed by atoms with E-state index >= 15 is 0 Å². The van der Waals surface area contributed by atoms with E-state index in [1.807, 2.05) is 0 Å². The zero-order chi connectivity index (χ0) is 22.9. The molecule has 2 saturated heterocycles. The molecule has 0 saturated carbocycles. The Morgan fingerprint density at radius 1 is 1.23 bits per heavy atom. The summed E-state index contributed by atoms with van der Waals surface area (Å²) in [6.07, 6.45) is 0.248. The molecule has 4 atom stereocenters. The van der Waals surface area contributed by atoms with E-state index in [-0.39, 0.29) is 18.9 Å². The number of methoxy groups -OCH3 is 1.